The Labute approximate surface area is 99.5 Å². The number of anilines is 1. The topological polar surface area (TPSA) is 70.8 Å². The molecule has 0 saturated heterocycles. The van der Waals surface area contributed by atoms with Crippen LogP contribution < -0.4 is 15.2 Å². The molecule has 0 bridgehead atoms. The van der Waals surface area contributed by atoms with Crippen molar-refractivity contribution in [2.45, 2.75) is 12.8 Å². The van der Waals surface area contributed by atoms with Gasteiger partial charge in [0, 0.05) is 18.2 Å². The number of hydrogen-bond acceptors (Lipinski definition) is 5. The van der Waals surface area contributed by atoms with Crippen molar-refractivity contribution in [1.82, 2.24) is 0 Å². The summed E-state index contributed by atoms with van der Waals surface area (Å²) >= 11 is 0. The molecule has 5 heteroatoms. The Balaban J connectivity index is 2.14. The number of nitrogen functional groups attached to an aromatic ring is 1. The lowest BCUT2D eigenvalue weighted by Gasteiger charge is -2.20. The molecule has 0 aliphatic carbocycles. The Morgan fingerprint density at radius 3 is 2.65 bits per heavy atom. The van der Waals surface area contributed by atoms with E-state index in [2.05, 4.69) is 4.74 Å². The van der Waals surface area contributed by atoms with E-state index in [1.54, 1.807) is 6.07 Å². The lowest BCUT2D eigenvalue weighted by molar-refractivity contribution is -0.140. The number of carbonyl (C=O) groups is 1. The van der Waals surface area contributed by atoms with Crippen molar-refractivity contribution in [1.29, 1.82) is 0 Å². The van der Waals surface area contributed by atoms with Crippen LogP contribution in [0.15, 0.2) is 12.1 Å². The maximum atomic E-state index is 11.1. The molecule has 1 aliphatic rings. The fourth-order valence-electron chi connectivity index (χ4n) is 1.70. The number of benzene rings is 1. The van der Waals surface area contributed by atoms with Gasteiger partial charge in [-0.15, -0.1) is 0 Å². The average molecular weight is 237 g/mol. The predicted octanol–water partition coefficient (Wildman–Crippen LogP) is 1.15. The summed E-state index contributed by atoms with van der Waals surface area (Å²) in [6.07, 6.45) is 0.843. The van der Waals surface area contributed by atoms with Gasteiger partial charge >= 0.3 is 5.97 Å². The highest BCUT2D eigenvalue weighted by Crippen LogP contribution is 2.34. The molecule has 0 atom stereocenters. The molecule has 1 heterocycles. The molecule has 1 aromatic rings. The van der Waals surface area contributed by atoms with E-state index in [1.807, 2.05) is 6.07 Å². The van der Waals surface area contributed by atoms with Crippen molar-refractivity contribution < 1.29 is 19.0 Å². The Bertz CT molecular complexity index is 431. The molecule has 2 N–H and O–H groups in total. The Morgan fingerprint density at radius 1 is 1.35 bits per heavy atom. The number of methoxy groups -OCH3 is 1. The van der Waals surface area contributed by atoms with Crippen molar-refractivity contribution >= 4 is 11.7 Å². The van der Waals surface area contributed by atoms with E-state index < -0.39 is 0 Å². The van der Waals surface area contributed by atoms with Crippen molar-refractivity contribution in [2.24, 2.45) is 0 Å². The highest BCUT2D eigenvalue weighted by molar-refractivity contribution is 5.70. The third-order valence-corrected chi connectivity index (χ3v) is 2.63. The molecule has 17 heavy (non-hydrogen) atoms. The summed E-state index contributed by atoms with van der Waals surface area (Å²) < 4.78 is 15.5. The zero-order chi connectivity index (χ0) is 12.3. The van der Waals surface area contributed by atoms with Crippen LogP contribution in [0.1, 0.15) is 12.0 Å². The molecule has 0 amide bonds. The molecule has 92 valence electrons. The van der Waals surface area contributed by atoms with Crippen LogP contribution in [0.25, 0.3) is 0 Å². The molecule has 0 spiro atoms. The maximum absolute atomic E-state index is 11.1. The SMILES string of the molecule is COC(=O)CCc1cc2c(cc1N)OCCO2. The second-order valence-corrected chi connectivity index (χ2v) is 3.77. The van der Waals surface area contributed by atoms with Crippen LogP contribution in [0.3, 0.4) is 0 Å². The first kappa shape index (κ1) is 11.6. The predicted molar refractivity (Wildman–Crippen MR) is 62.2 cm³/mol. The average Bonchev–Trinajstić information content (AvgIpc) is 2.35. The third kappa shape index (κ3) is 2.61. The van der Waals surface area contributed by atoms with E-state index in [9.17, 15) is 4.79 Å². The van der Waals surface area contributed by atoms with Gasteiger partial charge in [-0.2, -0.15) is 0 Å². The number of ether oxygens (including phenoxy) is 3. The molecular weight excluding hydrogens is 222 g/mol. The molecule has 0 unspecified atom stereocenters. The highest BCUT2D eigenvalue weighted by atomic mass is 16.6. The molecular formula is C12H15NO4. The number of hydrogen-bond donors (Lipinski definition) is 1. The van der Waals surface area contributed by atoms with Gasteiger partial charge in [-0.1, -0.05) is 0 Å². The fourth-order valence-corrected chi connectivity index (χ4v) is 1.70. The van der Waals surface area contributed by atoms with Crippen LogP contribution >= 0.6 is 0 Å². The first-order valence-corrected chi connectivity index (χ1v) is 5.45. The van der Waals surface area contributed by atoms with Crippen molar-refractivity contribution in [3.63, 3.8) is 0 Å². The van der Waals surface area contributed by atoms with Gasteiger partial charge in [-0.3, -0.25) is 4.79 Å². The summed E-state index contributed by atoms with van der Waals surface area (Å²) in [6.45, 7) is 1.07. The van der Waals surface area contributed by atoms with Gasteiger partial charge < -0.3 is 19.9 Å². The number of carbonyl (C=O) groups excluding carboxylic acids is 1. The Hall–Kier alpha value is -1.91. The summed E-state index contributed by atoms with van der Waals surface area (Å²) in [4.78, 5) is 11.1. The second kappa shape index (κ2) is 4.95. The third-order valence-electron chi connectivity index (χ3n) is 2.63. The van der Waals surface area contributed by atoms with Crippen molar-refractivity contribution in [2.75, 3.05) is 26.1 Å². The van der Waals surface area contributed by atoms with Crippen LogP contribution in [-0.4, -0.2) is 26.3 Å². The lowest BCUT2D eigenvalue weighted by Crippen LogP contribution is -2.16. The first-order valence-electron chi connectivity index (χ1n) is 5.45. The number of aryl methyl sites for hydroxylation is 1. The Morgan fingerprint density at radius 2 is 2.00 bits per heavy atom. The van der Waals surface area contributed by atoms with Gasteiger partial charge in [-0.25, -0.2) is 0 Å². The zero-order valence-corrected chi connectivity index (χ0v) is 9.69. The largest absolute Gasteiger partial charge is 0.486 e. The fraction of sp³-hybridized carbons (Fsp3) is 0.417. The van der Waals surface area contributed by atoms with E-state index in [0.29, 0.717) is 43.2 Å². The molecule has 1 aromatic carbocycles. The Kier molecular flexibility index (Phi) is 3.37. The molecule has 0 fully saturated rings. The van der Waals surface area contributed by atoms with Crippen molar-refractivity contribution in [3.05, 3.63) is 17.7 Å². The molecule has 0 radical (unpaired) electrons. The molecule has 5 nitrogen and oxygen atoms in total. The number of rotatable bonds is 3. The molecule has 1 aliphatic heterocycles. The molecule has 0 saturated carbocycles. The standard InChI is InChI=1S/C12H15NO4/c1-15-12(14)3-2-8-6-10-11(7-9(8)13)17-5-4-16-10/h6-7H,2-5,13H2,1H3. The monoisotopic (exact) mass is 237 g/mol. The van der Waals surface area contributed by atoms with Gasteiger partial charge in [0.2, 0.25) is 0 Å². The van der Waals surface area contributed by atoms with Gasteiger partial charge in [0.05, 0.1) is 7.11 Å². The van der Waals surface area contributed by atoms with Crippen LogP contribution in [0.4, 0.5) is 5.69 Å². The quantitative estimate of drug-likeness (QED) is 0.630. The summed E-state index contributed by atoms with van der Waals surface area (Å²) in [5.41, 5.74) is 7.37. The van der Waals surface area contributed by atoms with E-state index in [4.69, 9.17) is 15.2 Å². The smallest absolute Gasteiger partial charge is 0.305 e. The number of nitrogens with two attached hydrogens (primary N) is 1. The van der Waals surface area contributed by atoms with Crippen molar-refractivity contribution in [3.8, 4) is 11.5 Å². The summed E-state index contributed by atoms with van der Waals surface area (Å²) in [5, 5.41) is 0. The minimum absolute atomic E-state index is 0.251. The van der Waals surface area contributed by atoms with Crippen LogP contribution in [0.2, 0.25) is 0 Å². The van der Waals surface area contributed by atoms with E-state index in [1.165, 1.54) is 7.11 Å². The van der Waals surface area contributed by atoms with E-state index in [0.717, 1.165) is 5.56 Å². The van der Waals surface area contributed by atoms with Gasteiger partial charge in [-0.05, 0) is 18.1 Å². The lowest BCUT2D eigenvalue weighted by atomic mass is 10.1. The minimum atomic E-state index is -0.251. The maximum Gasteiger partial charge on any atom is 0.305 e. The van der Waals surface area contributed by atoms with E-state index in [-0.39, 0.29) is 5.97 Å². The molecule has 2 rings (SSSR count). The number of fused-ring (bicyclic) bond motifs is 1. The first-order chi connectivity index (χ1) is 8.20. The van der Waals surface area contributed by atoms with Gasteiger partial charge in [0.15, 0.2) is 11.5 Å². The summed E-state index contributed by atoms with van der Waals surface area (Å²) in [7, 11) is 1.37. The zero-order valence-electron chi connectivity index (χ0n) is 9.69. The normalized spacial score (nSPS) is 13.2. The van der Waals surface area contributed by atoms with Crippen LogP contribution in [0.5, 0.6) is 11.5 Å². The molecule has 0 aromatic heterocycles. The van der Waals surface area contributed by atoms with Crippen LogP contribution in [-0.2, 0) is 16.0 Å². The van der Waals surface area contributed by atoms with Crippen LogP contribution in [0, 0.1) is 0 Å². The van der Waals surface area contributed by atoms with Gasteiger partial charge in [0.1, 0.15) is 13.2 Å². The highest BCUT2D eigenvalue weighted by Gasteiger charge is 2.15. The second-order valence-electron chi connectivity index (χ2n) is 3.77. The minimum Gasteiger partial charge on any atom is -0.486 e. The van der Waals surface area contributed by atoms with Gasteiger partial charge in [0.25, 0.3) is 0 Å². The summed E-state index contributed by atoms with van der Waals surface area (Å²) in [5.74, 6) is 1.10. The number of esters is 1. The summed E-state index contributed by atoms with van der Waals surface area (Å²) in [6, 6.07) is 3.56. The van der Waals surface area contributed by atoms with E-state index >= 15 is 0 Å².